The van der Waals surface area contributed by atoms with Gasteiger partial charge in [0.25, 0.3) is 0 Å². The number of rotatable bonds is 7. The van der Waals surface area contributed by atoms with Crippen molar-refractivity contribution in [3.8, 4) is 11.1 Å². The van der Waals surface area contributed by atoms with Crippen LogP contribution in [0.5, 0.6) is 0 Å². The molecule has 0 amide bonds. The molecular weight excluding hydrogens is 441 g/mol. The van der Waals surface area contributed by atoms with E-state index in [-0.39, 0.29) is 17.9 Å². The Labute approximate surface area is 191 Å². The molecular formula is C26H22FNO4S. The summed E-state index contributed by atoms with van der Waals surface area (Å²) in [6, 6.07) is 21.6. The maximum absolute atomic E-state index is 14.0. The van der Waals surface area contributed by atoms with Crippen molar-refractivity contribution >= 4 is 26.8 Å². The quantitative estimate of drug-likeness (QED) is 0.401. The molecule has 0 unspecified atom stereocenters. The largest absolute Gasteiger partial charge is 0.481 e. The Morgan fingerprint density at radius 2 is 1.67 bits per heavy atom. The van der Waals surface area contributed by atoms with Gasteiger partial charge in [-0.25, -0.2) is 17.5 Å². The van der Waals surface area contributed by atoms with Gasteiger partial charge in [0.15, 0.2) is 0 Å². The molecule has 33 heavy (non-hydrogen) atoms. The highest BCUT2D eigenvalue weighted by Gasteiger charge is 2.17. The van der Waals surface area contributed by atoms with E-state index in [0.29, 0.717) is 27.6 Å². The van der Waals surface area contributed by atoms with E-state index in [4.69, 9.17) is 0 Å². The van der Waals surface area contributed by atoms with Gasteiger partial charge in [-0.15, -0.1) is 0 Å². The van der Waals surface area contributed by atoms with E-state index >= 15 is 0 Å². The SMILES string of the molecule is Cc1c(CC(=O)O)cc2ccc(F)cc2c1-c1ccc(S(=O)(=O)NCc2ccccc2)cc1. The maximum atomic E-state index is 14.0. The highest BCUT2D eigenvalue weighted by Crippen LogP contribution is 2.35. The molecule has 0 aliphatic carbocycles. The van der Waals surface area contributed by atoms with Crippen molar-refractivity contribution in [1.82, 2.24) is 4.72 Å². The van der Waals surface area contributed by atoms with Gasteiger partial charge in [-0.05, 0) is 69.8 Å². The number of halogens is 1. The molecule has 0 spiro atoms. The molecule has 7 heteroatoms. The van der Waals surface area contributed by atoms with Crippen LogP contribution in [0.25, 0.3) is 21.9 Å². The average molecular weight is 464 g/mol. The van der Waals surface area contributed by atoms with Crippen molar-refractivity contribution < 1.29 is 22.7 Å². The fourth-order valence-corrected chi connectivity index (χ4v) is 4.92. The zero-order valence-electron chi connectivity index (χ0n) is 17.9. The summed E-state index contributed by atoms with van der Waals surface area (Å²) >= 11 is 0. The van der Waals surface area contributed by atoms with Crippen LogP contribution in [0.15, 0.2) is 83.8 Å². The van der Waals surface area contributed by atoms with Gasteiger partial charge in [-0.2, -0.15) is 0 Å². The van der Waals surface area contributed by atoms with E-state index in [9.17, 15) is 22.7 Å². The second kappa shape index (κ2) is 9.13. The van der Waals surface area contributed by atoms with E-state index in [1.165, 1.54) is 24.3 Å². The minimum atomic E-state index is -3.73. The number of aliphatic carboxylic acids is 1. The zero-order chi connectivity index (χ0) is 23.6. The summed E-state index contributed by atoms with van der Waals surface area (Å²) in [5, 5.41) is 10.6. The van der Waals surface area contributed by atoms with Crippen molar-refractivity contribution in [2.75, 3.05) is 0 Å². The molecule has 2 N–H and O–H groups in total. The molecule has 0 aliphatic rings. The average Bonchev–Trinajstić information content (AvgIpc) is 2.79. The Kier molecular flexibility index (Phi) is 6.26. The number of nitrogens with one attached hydrogen (secondary N) is 1. The standard InChI is InChI=1S/C26H22FNO4S/c1-17-21(14-25(29)30)13-20-7-10-22(27)15-24(20)26(17)19-8-11-23(12-9-19)33(31,32)28-16-18-5-3-2-4-6-18/h2-13,15,28H,14,16H2,1H3,(H,29,30). The summed E-state index contributed by atoms with van der Waals surface area (Å²) in [4.78, 5) is 11.5. The van der Waals surface area contributed by atoms with Gasteiger partial charge < -0.3 is 5.11 Å². The third-order valence-electron chi connectivity index (χ3n) is 5.58. The lowest BCUT2D eigenvalue weighted by Gasteiger charge is -2.16. The summed E-state index contributed by atoms with van der Waals surface area (Å²) in [5.41, 5.74) is 3.55. The minimum Gasteiger partial charge on any atom is -0.481 e. The van der Waals surface area contributed by atoms with Crippen molar-refractivity contribution in [2.24, 2.45) is 0 Å². The normalized spacial score (nSPS) is 11.6. The van der Waals surface area contributed by atoms with Gasteiger partial charge in [-0.1, -0.05) is 54.6 Å². The number of carboxylic acids is 1. The Balaban J connectivity index is 1.72. The Morgan fingerprint density at radius 3 is 2.33 bits per heavy atom. The molecule has 0 heterocycles. The highest BCUT2D eigenvalue weighted by molar-refractivity contribution is 7.89. The molecule has 4 aromatic carbocycles. The first-order valence-corrected chi connectivity index (χ1v) is 11.8. The van der Waals surface area contributed by atoms with E-state index < -0.39 is 21.8 Å². The van der Waals surface area contributed by atoms with Crippen molar-refractivity contribution in [3.05, 3.63) is 101 Å². The molecule has 0 aliphatic heterocycles. The van der Waals surface area contributed by atoms with Gasteiger partial charge in [0.2, 0.25) is 10.0 Å². The molecule has 4 aromatic rings. The van der Waals surface area contributed by atoms with Crippen molar-refractivity contribution in [1.29, 1.82) is 0 Å². The Bertz CT molecular complexity index is 1430. The second-order valence-electron chi connectivity index (χ2n) is 7.81. The lowest BCUT2D eigenvalue weighted by atomic mass is 9.89. The fourth-order valence-electron chi connectivity index (χ4n) is 3.91. The smallest absolute Gasteiger partial charge is 0.307 e. The van der Waals surface area contributed by atoms with E-state index in [1.54, 1.807) is 31.2 Å². The lowest BCUT2D eigenvalue weighted by molar-refractivity contribution is -0.136. The topological polar surface area (TPSA) is 83.5 Å². The molecule has 0 aromatic heterocycles. The molecule has 0 radical (unpaired) electrons. The van der Waals surface area contributed by atoms with Crippen LogP contribution < -0.4 is 4.72 Å². The first-order chi connectivity index (χ1) is 15.7. The number of fused-ring (bicyclic) bond motifs is 1. The number of carboxylic acid groups (broad SMARTS) is 1. The Morgan fingerprint density at radius 1 is 0.970 bits per heavy atom. The van der Waals surface area contributed by atoms with Gasteiger partial charge in [0.1, 0.15) is 5.82 Å². The number of hydrogen-bond donors (Lipinski definition) is 2. The van der Waals surface area contributed by atoms with Gasteiger partial charge in [0, 0.05) is 6.54 Å². The monoisotopic (exact) mass is 463 g/mol. The number of hydrogen-bond acceptors (Lipinski definition) is 3. The van der Waals surface area contributed by atoms with Crippen LogP contribution in [0.2, 0.25) is 0 Å². The second-order valence-corrected chi connectivity index (χ2v) is 9.57. The Hall–Kier alpha value is -3.55. The van der Waals surface area contributed by atoms with E-state index in [1.807, 2.05) is 30.3 Å². The molecule has 0 atom stereocenters. The highest BCUT2D eigenvalue weighted by atomic mass is 32.2. The number of sulfonamides is 1. The molecule has 0 fully saturated rings. The first-order valence-electron chi connectivity index (χ1n) is 10.3. The van der Waals surface area contributed by atoms with Crippen LogP contribution in [0.3, 0.4) is 0 Å². The first kappa shape index (κ1) is 22.6. The van der Waals surface area contributed by atoms with Crippen LogP contribution >= 0.6 is 0 Å². The summed E-state index contributed by atoms with van der Waals surface area (Å²) in [6.45, 7) is 1.97. The molecule has 0 saturated carbocycles. The van der Waals surface area contributed by atoms with E-state index in [0.717, 1.165) is 10.9 Å². The van der Waals surface area contributed by atoms with Crippen LogP contribution in [-0.4, -0.2) is 19.5 Å². The molecule has 5 nitrogen and oxygen atoms in total. The van der Waals surface area contributed by atoms with Gasteiger partial charge in [-0.3, -0.25) is 4.79 Å². The third-order valence-corrected chi connectivity index (χ3v) is 6.99. The third kappa shape index (κ3) is 4.94. The summed E-state index contributed by atoms with van der Waals surface area (Å²) in [6.07, 6.45) is -0.165. The van der Waals surface area contributed by atoms with Crippen molar-refractivity contribution in [2.45, 2.75) is 24.8 Å². The van der Waals surface area contributed by atoms with Crippen LogP contribution in [-0.2, 0) is 27.8 Å². The predicted octanol–water partition coefficient (Wildman–Crippen LogP) is 5.06. The fraction of sp³-hybridized carbons (Fsp3) is 0.115. The van der Waals surface area contributed by atoms with Crippen LogP contribution in [0.1, 0.15) is 16.7 Å². The minimum absolute atomic E-state index is 0.108. The van der Waals surface area contributed by atoms with Crippen LogP contribution in [0.4, 0.5) is 4.39 Å². The van der Waals surface area contributed by atoms with Crippen molar-refractivity contribution in [3.63, 3.8) is 0 Å². The van der Waals surface area contributed by atoms with Crippen LogP contribution in [0, 0.1) is 12.7 Å². The summed E-state index contributed by atoms with van der Waals surface area (Å²) < 4.78 is 42.1. The summed E-state index contributed by atoms with van der Waals surface area (Å²) in [7, 11) is -3.73. The van der Waals surface area contributed by atoms with Gasteiger partial charge in [0.05, 0.1) is 11.3 Å². The lowest BCUT2D eigenvalue weighted by Crippen LogP contribution is -2.23. The zero-order valence-corrected chi connectivity index (χ0v) is 18.7. The predicted molar refractivity (Wildman–Crippen MR) is 126 cm³/mol. The number of benzene rings is 4. The molecule has 0 saturated heterocycles. The molecule has 168 valence electrons. The molecule has 4 rings (SSSR count). The molecule has 0 bridgehead atoms. The van der Waals surface area contributed by atoms with Gasteiger partial charge >= 0.3 is 5.97 Å². The number of carbonyl (C=O) groups is 1. The summed E-state index contributed by atoms with van der Waals surface area (Å²) in [5.74, 6) is -1.37. The van der Waals surface area contributed by atoms with E-state index in [2.05, 4.69) is 4.72 Å². The maximum Gasteiger partial charge on any atom is 0.307 e.